The van der Waals surface area contributed by atoms with Crippen LogP contribution in [0.25, 0.3) is 17.1 Å². The Morgan fingerprint density at radius 1 is 1.03 bits per heavy atom. The van der Waals surface area contributed by atoms with Crippen LogP contribution in [-0.2, 0) is 4.79 Å². The van der Waals surface area contributed by atoms with Gasteiger partial charge >= 0.3 is 0 Å². The summed E-state index contributed by atoms with van der Waals surface area (Å²) in [7, 11) is 2.18. The highest BCUT2D eigenvalue weighted by Crippen LogP contribution is 2.28. The van der Waals surface area contributed by atoms with Crippen molar-refractivity contribution in [2.24, 2.45) is 5.73 Å². The highest BCUT2D eigenvalue weighted by atomic mass is 35.5. The van der Waals surface area contributed by atoms with E-state index in [0.717, 1.165) is 17.1 Å². The maximum absolute atomic E-state index is 8.58. The standard InChI is InChI=1S/C15H10Cl2N2.C8H19N.C2H6.CH3NO/c16-11-5-7-12(8-6-11)19-10-9-18-15(19)13-3-1-2-4-14(13)17;1-4-6-7-8-9(3)5-2;1-2;2-1-3/h1-10H;4-8H2,1-3H3;1-2H3;1H,(H2,2,3). The molecule has 0 aliphatic rings. The Kier molecular flexibility index (Phi) is 17.8. The van der Waals surface area contributed by atoms with Crippen molar-refractivity contribution in [2.45, 2.75) is 47.0 Å². The van der Waals surface area contributed by atoms with Gasteiger partial charge in [-0.2, -0.15) is 0 Å². The minimum atomic E-state index is 0.250. The number of hydrogen-bond acceptors (Lipinski definition) is 3. The molecule has 5 nitrogen and oxygen atoms in total. The number of imidazole rings is 1. The van der Waals surface area contributed by atoms with Crippen LogP contribution in [0.1, 0.15) is 47.0 Å². The first-order chi connectivity index (χ1) is 16.0. The van der Waals surface area contributed by atoms with Crippen molar-refractivity contribution in [3.8, 4) is 17.1 Å². The monoisotopic (exact) mass is 492 g/mol. The fourth-order valence-corrected chi connectivity index (χ4v) is 3.09. The van der Waals surface area contributed by atoms with E-state index >= 15 is 0 Å². The zero-order valence-electron chi connectivity index (χ0n) is 20.5. The molecule has 1 amide bonds. The number of rotatable bonds is 7. The predicted molar refractivity (Wildman–Crippen MR) is 143 cm³/mol. The molecule has 182 valence electrons. The Hall–Kier alpha value is -2.34. The van der Waals surface area contributed by atoms with Crippen molar-refractivity contribution < 1.29 is 4.79 Å². The maximum atomic E-state index is 8.58. The van der Waals surface area contributed by atoms with E-state index in [1.807, 2.05) is 73.1 Å². The molecule has 0 saturated heterocycles. The second-order valence-corrected chi connectivity index (χ2v) is 7.66. The number of nitrogens with two attached hydrogens (primary N) is 1. The van der Waals surface area contributed by atoms with Crippen LogP contribution in [0.4, 0.5) is 0 Å². The number of unbranched alkanes of at least 4 members (excludes halogenated alkanes) is 2. The van der Waals surface area contributed by atoms with Gasteiger partial charge in [0.2, 0.25) is 6.41 Å². The highest BCUT2D eigenvalue weighted by Gasteiger charge is 2.10. The predicted octanol–water partition coefficient (Wildman–Crippen LogP) is 7.10. The van der Waals surface area contributed by atoms with Crippen LogP contribution in [0.15, 0.2) is 60.9 Å². The first-order valence-electron chi connectivity index (χ1n) is 11.4. The molecule has 0 radical (unpaired) electrons. The zero-order chi connectivity index (χ0) is 25.1. The lowest BCUT2D eigenvalue weighted by Gasteiger charge is -2.12. The third-order valence-electron chi connectivity index (χ3n) is 4.54. The quantitative estimate of drug-likeness (QED) is 0.282. The number of amides is 1. The highest BCUT2D eigenvalue weighted by molar-refractivity contribution is 6.33. The van der Waals surface area contributed by atoms with Gasteiger partial charge in [0.05, 0.1) is 5.02 Å². The maximum Gasteiger partial charge on any atom is 0.204 e. The van der Waals surface area contributed by atoms with Crippen LogP contribution in [0.3, 0.4) is 0 Å². The third-order valence-corrected chi connectivity index (χ3v) is 5.13. The van der Waals surface area contributed by atoms with Gasteiger partial charge in [0, 0.05) is 28.7 Å². The van der Waals surface area contributed by atoms with Gasteiger partial charge in [-0.1, -0.05) is 75.9 Å². The van der Waals surface area contributed by atoms with Gasteiger partial charge in [0.1, 0.15) is 5.82 Å². The lowest BCUT2D eigenvalue weighted by Crippen LogP contribution is -2.18. The summed E-state index contributed by atoms with van der Waals surface area (Å²) in [6, 6.07) is 15.3. The van der Waals surface area contributed by atoms with Crippen LogP contribution in [0.2, 0.25) is 10.0 Å². The van der Waals surface area contributed by atoms with Gasteiger partial charge < -0.3 is 10.6 Å². The van der Waals surface area contributed by atoms with Crippen LogP contribution in [0, 0.1) is 0 Å². The lowest BCUT2D eigenvalue weighted by molar-refractivity contribution is -0.106. The van der Waals surface area contributed by atoms with E-state index < -0.39 is 0 Å². The van der Waals surface area contributed by atoms with Crippen molar-refractivity contribution in [1.29, 1.82) is 0 Å². The van der Waals surface area contributed by atoms with E-state index in [1.54, 1.807) is 6.20 Å². The molecule has 0 aliphatic heterocycles. The van der Waals surface area contributed by atoms with Crippen molar-refractivity contribution in [1.82, 2.24) is 14.5 Å². The van der Waals surface area contributed by atoms with Crippen LogP contribution in [0.5, 0.6) is 0 Å². The molecule has 1 aromatic heterocycles. The summed E-state index contributed by atoms with van der Waals surface area (Å²) in [5.41, 5.74) is 6.07. The summed E-state index contributed by atoms with van der Waals surface area (Å²) in [4.78, 5) is 15.3. The molecule has 2 aromatic carbocycles. The molecule has 3 aromatic rings. The van der Waals surface area contributed by atoms with Gasteiger partial charge in [-0.05, 0) is 63.0 Å². The van der Waals surface area contributed by atoms with Crippen LogP contribution >= 0.6 is 23.2 Å². The van der Waals surface area contributed by atoms with E-state index in [2.05, 4.69) is 36.5 Å². The van der Waals surface area contributed by atoms with E-state index in [9.17, 15) is 0 Å². The number of halogens is 2. The molecular weight excluding hydrogens is 455 g/mol. The third kappa shape index (κ3) is 11.9. The van der Waals surface area contributed by atoms with E-state index in [0.29, 0.717) is 10.0 Å². The molecule has 33 heavy (non-hydrogen) atoms. The van der Waals surface area contributed by atoms with Crippen LogP contribution in [-0.4, -0.2) is 41.0 Å². The van der Waals surface area contributed by atoms with Gasteiger partial charge in [0.15, 0.2) is 0 Å². The summed E-state index contributed by atoms with van der Waals surface area (Å²) in [5, 5.41) is 1.40. The summed E-state index contributed by atoms with van der Waals surface area (Å²) in [5.74, 6) is 0.813. The normalized spacial score (nSPS) is 9.58. The molecule has 3 rings (SSSR count). The second kappa shape index (κ2) is 19.2. The fraction of sp³-hybridized carbons (Fsp3) is 0.385. The number of primary amides is 1. The Balaban J connectivity index is 0.000000618. The Morgan fingerprint density at radius 2 is 1.64 bits per heavy atom. The van der Waals surface area contributed by atoms with Crippen molar-refractivity contribution in [3.63, 3.8) is 0 Å². The van der Waals surface area contributed by atoms with E-state index in [1.165, 1.54) is 32.4 Å². The fourth-order valence-electron chi connectivity index (χ4n) is 2.75. The number of aromatic nitrogens is 2. The number of nitrogens with zero attached hydrogens (tertiary/aromatic N) is 3. The number of carbonyl (C=O) groups is 1. The molecule has 0 saturated carbocycles. The molecule has 1 heterocycles. The number of hydrogen-bond donors (Lipinski definition) is 1. The smallest absolute Gasteiger partial charge is 0.204 e. The molecule has 0 bridgehead atoms. The largest absolute Gasteiger partial charge is 0.372 e. The molecule has 0 fully saturated rings. The topological polar surface area (TPSA) is 64.2 Å². The average Bonchev–Trinajstić information content (AvgIpc) is 3.32. The van der Waals surface area contributed by atoms with E-state index in [-0.39, 0.29) is 6.41 Å². The van der Waals surface area contributed by atoms with E-state index in [4.69, 9.17) is 28.0 Å². The van der Waals surface area contributed by atoms with Crippen LogP contribution < -0.4 is 5.73 Å². The molecule has 0 unspecified atom stereocenters. The SMILES string of the molecule is CC.CCCCCN(C)CC.Clc1ccc(-n2ccnc2-c2ccccc2Cl)cc1.NC=O. The average molecular weight is 494 g/mol. The van der Waals surface area contributed by atoms with Crippen molar-refractivity contribution in [3.05, 3.63) is 71.0 Å². The molecule has 7 heteroatoms. The molecule has 0 atom stereocenters. The Bertz CT molecular complexity index is 882. The van der Waals surface area contributed by atoms with Gasteiger partial charge in [-0.25, -0.2) is 4.98 Å². The molecule has 2 N–H and O–H groups in total. The molecular formula is C26H38Cl2N4O. The zero-order valence-corrected chi connectivity index (χ0v) is 22.0. The second-order valence-electron chi connectivity index (χ2n) is 6.82. The number of carbonyl (C=O) groups excluding carboxylic acids is 1. The van der Waals surface area contributed by atoms with Gasteiger partial charge in [0.25, 0.3) is 0 Å². The summed E-state index contributed by atoms with van der Waals surface area (Å²) in [6.45, 7) is 10.9. The number of benzene rings is 2. The van der Waals surface area contributed by atoms with Crippen molar-refractivity contribution in [2.75, 3.05) is 20.1 Å². The molecule has 0 aliphatic carbocycles. The first kappa shape index (κ1) is 30.7. The summed E-state index contributed by atoms with van der Waals surface area (Å²) >= 11 is 12.1. The first-order valence-corrected chi connectivity index (χ1v) is 12.1. The van der Waals surface area contributed by atoms with Crippen molar-refractivity contribution >= 4 is 29.6 Å². The summed E-state index contributed by atoms with van der Waals surface area (Å²) < 4.78 is 1.98. The Labute approximate surface area is 209 Å². The van der Waals surface area contributed by atoms with Gasteiger partial charge in [-0.3, -0.25) is 9.36 Å². The lowest BCUT2D eigenvalue weighted by atomic mass is 10.2. The summed E-state index contributed by atoms with van der Waals surface area (Å²) in [6.07, 6.45) is 7.98. The van der Waals surface area contributed by atoms with Gasteiger partial charge in [-0.15, -0.1) is 0 Å². The molecule has 0 spiro atoms. The minimum absolute atomic E-state index is 0.250. The minimum Gasteiger partial charge on any atom is -0.372 e. The Morgan fingerprint density at radius 3 is 2.18 bits per heavy atom.